The second kappa shape index (κ2) is 10.9. The average molecular weight is 573 g/mol. The number of piperidine rings is 1. The highest BCUT2D eigenvalue weighted by atomic mass is 35.5. The van der Waals surface area contributed by atoms with Gasteiger partial charge in [0.05, 0.1) is 11.0 Å². The molecule has 5 aromatic rings. The molecule has 0 bridgehead atoms. The molecule has 0 aliphatic carbocycles. The number of anilines is 1. The second-order valence-electron chi connectivity index (χ2n) is 9.97. The Morgan fingerprint density at radius 3 is 2.58 bits per heavy atom. The van der Waals surface area contributed by atoms with E-state index in [1.54, 1.807) is 6.33 Å². The molecule has 1 unspecified atom stereocenters. The van der Waals surface area contributed by atoms with Crippen molar-refractivity contribution in [2.45, 2.75) is 31.9 Å². The van der Waals surface area contributed by atoms with Crippen LogP contribution in [0.15, 0.2) is 73.2 Å². The first kappa shape index (κ1) is 26.3. The van der Waals surface area contributed by atoms with Crippen molar-refractivity contribution in [2.75, 3.05) is 18.0 Å². The Bertz CT molecular complexity index is 1670. The van der Waals surface area contributed by atoms with E-state index < -0.39 is 5.91 Å². The van der Waals surface area contributed by atoms with E-state index in [1.165, 1.54) is 11.3 Å². The molecule has 204 valence electrons. The highest BCUT2D eigenvalue weighted by Crippen LogP contribution is 2.37. The summed E-state index contributed by atoms with van der Waals surface area (Å²) in [6.07, 6.45) is 5.26. The van der Waals surface area contributed by atoms with Gasteiger partial charge in [-0.15, -0.1) is 11.3 Å². The first-order valence-electron chi connectivity index (χ1n) is 13.2. The lowest BCUT2D eigenvalue weighted by Gasteiger charge is -2.31. The lowest BCUT2D eigenvalue weighted by Crippen LogP contribution is -2.40. The van der Waals surface area contributed by atoms with Crippen LogP contribution in [0.4, 0.5) is 5.82 Å². The van der Waals surface area contributed by atoms with Crippen LogP contribution in [-0.4, -0.2) is 39.6 Å². The van der Waals surface area contributed by atoms with Gasteiger partial charge in [0, 0.05) is 47.5 Å². The standard InChI is InChI=1S/C30H29ClN6O2S/c1-18(22-4-2-3-5-23(22)31)39-26-15-28(40-29(26)30(33)38)37-17-35-24-14-19(6-8-25(24)37)20-7-9-27(34-16-20)36-12-10-21(32)11-13-36/h2-9,14-18,21H,10-13,32H2,1H3,(H2,33,38). The monoisotopic (exact) mass is 572 g/mol. The zero-order chi connectivity index (χ0) is 27.8. The van der Waals surface area contributed by atoms with Crippen LogP contribution >= 0.6 is 22.9 Å². The third-order valence-electron chi connectivity index (χ3n) is 7.29. The van der Waals surface area contributed by atoms with Crippen molar-refractivity contribution in [3.63, 3.8) is 0 Å². The fourth-order valence-electron chi connectivity index (χ4n) is 5.04. The van der Waals surface area contributed by atoms with E-state index in [9.17, 15) is 4.79 Å². The zero-order valence-corrected chi connectivity index (χ0v) is 23.5. The first-order valence-corrected chi connectivity index (χ1v) is 14.4. The molecule has 2 aromatic carbocycles. The normalized spacial score (nSPS) is 14.9. The summed E-state index contributed by atoms with van der Waals surface area (Å²) < 4.78 is 8.11. The number of primary amides is 1. The van der Waals surface area contributed by atoms with E-state index in [4.69, 9.17) is 32.8 Å². The van der Waals surface area contributed by atoms with Gasteiger partial charge in [0.2, 0.25) is 0 Å². The highest BCUT2D eigenvalue weighted by Gasteiger charge is 2.21. The Morgan fingerprint density at radius 1 is 1.07 bits per heavy atom. The van der Waals surface area contributed by atoms with E-state index in [0.717, 1.165) is 64.5 Å². The Balaban J connectivity index is 1.26. The summed E-state index contributed by atoms with van der Waals surface area (Å²) in [5.41, 5.74) is 16.4. The first-order chi connectivity index (χ1) is 19.4. The quantitative estimate of drug-likeness (QED) is 0.248. The number of rotatable bonds is 7. The number of benzene rings is 2. The van der Waals surface area contributed by atoms with Gasteiger partial charge < -0.3 is 21.1 Å². The van der Waals surface area contributed by atoms with Crippen molar-refractivity contribution in [1.29, 1.82) is 0 Å². The predicted octanol–water partition coefficient (Wildman–Crippen LogP) is 5.97. The van der Waals surface area contributed by atoms with Crippen LogP contribution in [0, 0.1) is 0 Å². The van der Waals surface area contributed by atoms with Crippen LogP contribution in [0.3, 0.4) is 0 Å². The number of pyridine rings is 1. The maximum Gasteiger partial charge on any atom is 0.262 e. The number of nitrogens with two attached hydrogens (primary N) is 2. The van der Waals surface area contributed by atoms with Crippen molar-refractivity contribution < 1.29 is 9.53 Å². The molecule has 1 aliphatic rings. The predicted molar refractivity (Wildman–Crippen MR) is 161 cm³/mol. The summed E-state index contributed by atoms with van der Waals surface area (Å²) in [4.78, 5) is 24.3. The van der Waals surface area contributed by atoms with Gasteiger partial charge in [-0.1, -0.05) is 35.9 Å². The number of carbonyl (C=O) groups excluding carboxylic acids is 1. The Hall–Kier alpha value is -3.92. The molecule has 4 heterocycles. The fourth-order valence-corrected chi connectivity index (χ4v) is 6.26. The molecule has 8 nitrogen and oxygen atoms in total. The van der Waals surface area contributed by atoms with Gasteiger partial charge in [-0.2, -0.15) is 0 Å². The topological polar surface area (TPSA) is 112 Å². The SMILES string of the molecule is CC(Oc1cc(-n2cnc3cc(-c4ccc(N5CCC(N)CC5)nc4)ccc32)sc1C(N)=O)c1ccccc1Cl. The summed E-state index contributed by atoms with van der Waals surface area (Å²) in [5.74, 6) is 0.846. The number of aromatic nitrogens is 3. The van der Waals surface area contributed by atoms with Crippen molar-refractivity contribution in [1.82, 2.24) is 14.5 Å². The largest absolute Gasteiger partial charge is 0.484 e. The molecule has 1 fully saturated rings. The third-order valence-corrected chi connectivity index (χ3v) is 8.76. The average Bonchev–Trinajstić information content (AvgIpc) is 3.57. The summed E-state index contributed by atoms with van der Waals surface area (Å²) >= 11 is 7.62. The van der Waals surface area contributed by atoms with Gasteiger partial charge in [-0.25, -0.2) is 9.97 Å². The van der Waals surface area contributed by atoms with E-state index in [2.05, 4.69) is 28.1 Å². The van der Waals surface area contributed by atoms with Gasteiger partial charge in [-0.05, 0) is 55.7 Å². The molecular formula is C30H29ClN6O2S. The molecule has 0 radical (unpaired) electrons. The molecule has 1 aliphatic heterocycles. The molecule has 3 aromatic heterocycles. The maximum atomic E-state index is 12.3. The van der Waals surface area contributed by atoms with Gasteiger partial charge in [0.25, 0.3) is 5.91 Å². The van der Waals surface area contributed by atoms with Crippen LogP contribution in [0.1, 0.15) is 41.1 Å². The smallest absolute Gasteiger partial charge is 0.262 e. The minimum absolute atomic E-state index is 0.287. The number of ether oxygens (including phenoxy) is 1. The van der Waals surface area contributed by atoms with Crippen LogP contribution < -0.4 is 21.1 Å². The number of carbonyl (C=O) groups is 1. The molecule has 1 saturated heterocycles. The zero-order valence-electron chi connectivity index (χ0n) is 22.0. The highest BCUT2D eigenvalue weighted by molar-refractivity contribution is 7.16. The van der Waals surface area contributed by atoms with Crippen molar-refractivity contribution in [3.8, 4) is 21.9 Å². The van der Waals surface area contributed by atoms with E-state index in [-0.39, 0.29) is 12.1 Å². The molecule has 40 heavy (non-hydrogen) atoms. The second-order valence-corrected chi connectivity index (χ2v) is 11.4. The minimum atomic E-state index is -0.548. The molecule has 6 rings (SSSR count). The number of imidazole rings is 1. The van der Waals surface area contributed by atoms with Crippen molar-refractivity contribution in [2.24, 2.45) is 11.5 Å². The van der Waals surface area contributed by atoms with Gasteiger partial charge >= 0.3 is 0 Å². The van der Waals surface area contributed by atoms with E-state index in [0.29, 0.717) is 15.6 Å². The number of nitrogens with zero attached hydrogens (tertiary/aromatic N) is 4. The van der Waals surface area contributed by atoms with Crippen LogP contribution in [-0.2, 0) is 0 Å². The summed E-state index contributed by atoms with van der Waals surface area (Å²) in [6, 6.07) is 19.9. The molecule has 10 heteroatoms. The van der Waals surface area contributed by atoms with Gasteiger partial charge in [0.1, 0.15) is 33.9 Å². The number of amides is 1. The van der Waals surface area contributed by atoms with Crippen molar-refractivity contribution >= 4 is 45.7 Å². The molecule has 4 N–H and O–H groups in total. The number of thiophene rings is 1. The van der Waals surface area contributed by atoms with Crippen LogP contribution in [0.25, 0.3) is 27.2 Å². The summed E-state index contributed by atoms with van der Waals surface area (Å²) in [5, 5.41) is 1.38. The minimum Gasteiger partial charge on any atom is -0.484 e. The number of halogens is 1. The molecule has 0 saturated carbocycles. The Labute approximate surface area is 241 Å². The molecule has 1 atom stereocenters. The lowest BCUT2D eigenvalue weighted by atomic mass is 10.1. The van der Waals surface area contributed by atoms with Crippen LogP contribution in [0.5, 0.6) is 5.75 Å². The van der Waals surface area contributed by atoms with E-state index >= 15 is 0 Å². The Morgan fingerprint density at radius 2 is 1.85 bits per heavy atom. The lowest BCUT2D eigenvalue weighted by molar-refractivity contribution is 0.0998. The van der Waals surface area contributed by atoms with E-state index in [1.807, 2.05) is 60.2 Å². The molecule has 1 amide bonds. The fraction of sp³-hybridized carbons (Fsp3) is 0.233. The summed E-state index contributed by atoms with van der Waals surface area (Å²) in [7, 11) is 0. The Kier molecular flexibility index (Phi) is 7.18. The molecular weight excluding hydrogens is 544 g/mol. The summed E-state index contributed by atoms with van der Waals surface area (Å²) in [6.45, 7) is 3.76. The number of fused-ring (bicyclic) bond motifs is 1. The number of hydrogen-bond acceptors (Lipinski definition) is 7. The third kappa shape index (κ3) is 5.15. The van der Waals surface area contributed by atoms with Gasteiger partial charge in [-0.3, -0.25) is 9.36 Å². The van der Waals surface area contributed by atoms with Crippen LogP contribution in [0.2, 0.25) is 5.02 Å². The van der Waals surface area contributed by atoms with Gasteiger partial charge in [0.15, 0.2) is 0 Å². The maximum absolute atomic E-state index is 12.3. The molecule has 0 spiro atoms. The number of hydrogen-bond donors (Lipinski definition) is 2. The van der Waals surface area contributed by atoms with Crippen molar-refractivity contribution in [3.05, 3.63) is 88.7 Å².